The zero-order valence-corrected chi connectivity index (χ0v) is 17.8. The van der Waals surface area contributed by atoms with E-state index in [-0.39, 0.29) is 5.52 Å². The van der Waals surface area contributed by atoms with Crippen LogP contribution in [0.25, 0.3) is 33.3 Å². The molecule has 0 saturated carbocycles. The van der Waals surface area contributed by atoms with Crippen molar-refractivity contribution in [3.8, 4) is 11.4 Å². The van der Waals surface area contributed by atoms with E-state index in [9.17, 15) is 13.2 Å². The third-order valence-electron chi connectivity index (χ3n) is 6.06. The number of hydrogen-bond acceptors (Lipinski definition) is 4. The zero-order valence-electron chi connectivity index (χ0n) is 17.8. The van der Waals surface area contributed by atoms with Gasteiger partial charge in [-0.1, -0.05) is 48.5 Å². The predicted molar refractivity (Wildman–Crippen MR) is 120 cm³/mol. The lowest BCUT2D eigenvalue weighted by Gasteiger charge is -2.27. The van der Waals surface area contributed by atoms with Crippen molar-refractivity contribution in [2.75, 3.05) is 32.7 Å². The Labute approximate surface area is 183 Å². The van der Waals surface area contributed by atoms with Crippen molar-refractivity contribution < 1.29 is 13.2 Å². The number of hydrogen-bond donors (Lipinski definition) is 1. The number of fused-ring (bicyclic) bond motifs is 3. The molecule has 166 valence electrons. The lowest BCUT2D eigenvalue weighted by atomic mass is 10.1. The number of aryl methyl sites for hydroxylation is 1. The van der Waals surface area contributed by atoms with E-state index in [4.69, 9.17) is 0 Å². The summed E-state index contributed by atoms with van der Waals surface area (Å²) in [6.07, 6.45) is -4.60. The number of alkyl halides is 3. The number of benzene rings is 2. The van der Waals surface area contributed by atoms with Crippen molar-refractivity contribution in [2.45, 2.75) is 19.6 Å². The molecular weight excluding hydrogens is 415 g/mol. The fourth-order valence-corrected chi connectivity index (χ4v) is 4.45. The van der Waals surface area contributed by atoms with Gasteiger partial charge in [-0.05, 0) is 12.5 Å². The van der Waals surface area contributed by atoms with Gasteiger partial charge in [-0.25, -0.2) is 9.97 Å². The fraction of sp³-hybridized carbons (Fsp3) is 0.333. The molecule has 0 bridgehead atoms. The summed E-state index contributed by atoms with van der Waals surface area (Å²) in [7, 11) is 0. The Balaban J connectivity index is 1.78. The maximum atomic E-state index is 14.1. The van der Waals surface area contributed by atoms with Crippen LogP contribution < -0.4 is 5.32 Å². The van der Waals surface area contributed by atoms with Crippen molar-refractivity contribution in [3.05, 3.63) is 59.8 Å². The molecule has 1 saturated heterocycles. The van der Waals surface area contributed by atoms with Crippen LogP contribution >= 0.6 is 0 Å². The van der Waals surface area contributed by atoms with Crippen LogP contribution in [0.2, 0.25) is 0 Å². The van der Waals surface area contributed by atoms with E-state index < -0.39 is 11.9 Å². The smallest absolute Gasteiger partial charge is 0.322 e. The molecule has 5 nitrogen and oxygen atoms in total. The maximum Gasteiger partial charge on any atom is 0.435 e. The third-order valence-corrected chi connectivity index (χ3v) is 6.06. The molecule has 3 heterocycles. The average Bonchev–Trinajstić information content (AvgIpc) is 3.18. The molecule has 1 N–H and O–H groups in total. The molecule has 8 heteroatoms. The first-order chi connectivity index (χ1) is 15.4. The monoisotopic (exact) mass is 439 g/mol. The highest BCUT2D eigenvalue weighted by Crippen LogP contribution is 2.39. The molecule has 0 atom stereocenters. The first-order valence-electron chi connectivity index (χ1n) is 10.8. The topological polar surface area (TPSA) is 46.0 Å². The molecule has 1 aliphatic heterocycles. The van der Waals surface area contributed by atoms with Crippen LogP contribution in [-0.2, 0) is 12.7 Å². The number of imidazole rings is 1. The van der Waals surface area contributed by atoms with Crippen LogP contribution in [0.5, 0.6) is 0 Å². The fourth-order valence-electron chi connectivity index (χ4n) is 4.45. The van der Waals surface area contributed by atoms with Crippen LogP contribution in [0.15, 0.2) is 48.5 Å². The first-order valence-corrected chi connectivity index (χ1v) is 10.8. The van der Waals surface area contributed by atoms with E-state index in [1.54, 1.807) is 13.0 Å². The van der Waals surface area contributed by atoms with Gasteiger partial charge in [0.25, 0.3) is 0 Å². The van der Waals surface area contributed by atoms with Gasteiger partial charge >= 0.3 is 6.18 Å². The van der Waals surface area contributed by atoms with Crippen LogP contribution in [0, 0.1) is 6.92 Å². The highest BCUT2D eigenvalue weighted by atomic mass is 19.4. The second kappa shape index (κ2) is 8.18. The molecule has 0 aliphatic carbocycles. The second-order valence-corrected chi connectivity index (χ2v) is 8.17. The second-order valence-electron chi connectivity index (χ2n) is 8.17. The van der Waals surface area contributed by atoms with E-state index in [1.807, 2.05) is 47.0 Å². The van der Waals surface area contributed by atoms with E-state index in [0.29, 0.717) is 34.4 Å². The van der Waals surface area contributed by atoms with Crippen molar-refractivity contribution >= 4 is 21.9 Å². The Morgan fingerprint density at radius 2 is 1.66 bits per heavy atom. The van der Waals surface area contributed by atoms with E-state index in [2.05, 4.69) is 20.2 Å². The molecule has 0 amide bonds. The van der Waals surface area contributed by atoms with Crippen molar-refractivity contribution in [2.24, 2.45) is 0 Å². The quantitative estimate of drug-likeness (QED) is 0.509. The van der Waals surface area contributed by atoms with Gasteiger partial charge < -0.3 is 9.88 Å². The number of piperazine rings is 1. The predicted octanol–water partition coefficient (Wildman–Crippen LogP) is 4.48. The van der Waals surface area contributed by atoms with Crippen LogP contribution in [0.4, 0.5) is 13.2 Å². The number of rotatable bonds is 4. The molecule has 0 unspecified atom stereocenters. The first kappa shape index (κ1) is 20.9. The van der Waals surface area contributed by atoms with Crippen molar-refractivity contribution in [1.82, 2.24) is 24.8 Å². The van der Waals surface area contributed by atoms with Gasteiger partial charge in [0.05, 0.1) is 11.0 Å². The Bertz CT molecular complexity index is 1260. The van der Waals surface area contributed by atoms with E-state index in [1.165, 1.54) is 0 Å². The minimum Gasteiger partial charge on any atom is -0.322 e. The number of halogens is 3. The Hall–Kier alpha value is -2.97. The highest BCUT2D eigenvalue weighted by Gasteiger charge is 2.37. The molecular formula is C24H24F3N5. The summed E-state index contributed by atoms with van der Waals surface area (Å²) in [5.74, 6) is 0.539. The highest BCUT2D eigenvalue weighted by molar-refractivity contribution is 6.05. The number of nitrogens with zero attached hydrogens (tertiary/aromatic N) is 4. The summed E-state index contributed by atoms with van der Waals surface area (Å²) in [5, 5.41) is 4.03. The molecule has 32 heavy (non-hydrogen) atoms. The molecule has 1 aliphatic rings. The SMILES string of the molecule is Cc1cccc2c1nc(C(F)(F)F)c1nc(-c3ccccc3)n(CCN3CCNCC3)c12. The summed E-state index contributed by atoms with van der Waals surface area (Å²) in [6, 6.07) is 14.9. The largest absolute Gasteiger partial charge is 0.435 e. The van der Waals surface area contributed by atoms with Gasteiger partial charge in [-0.15, -0.1) is 0 Å². The lowest BCUT2D eigenvalue weighted by molar-refractivity contribution is -0.139. The number of para-hydroxylation sites is 1. The molecule has 1 fully saturated rings. The minimum absolute atomic E-state index is 0.0882. The summed E-state index contributed by atoms with van der Waals surface area (Å²) >= 11 is 0. The van der Waals surface area contributed by atoms with Gasteiger partial charge in [0, 0.05) is 50.2 Å². The normalized spacial score (nSPS) is 15.6. The average molecular weight is 439 g/mol. The molecule has 0 spiro atoms. The summed E-state index contributed by atoms with van der Waals surface area (Å²) in [6.45, 7) is 6.75. The minimum atomic E-state index is -4.60. The Kier molecular flexibility index (Phi) is 5.35. The van der Waals surface area contributed by atoms with Gasteiger partial charge in [0.1, 0.15) is 11.3 Å². The van der Waals surface area contributed by atoms with Gasteiger partial charge in [-0.2, -0.15) is 13.2 Å². The molecule has 5 rings (SSSR count). The van der Waals surface area contributed by atoms with E-state index in [0.717, 1.165) is 38.3 Å². The zero-order chi connectivity index (χ0) is 22.3. The van der Waals surface area contributed by atoms with E-state index >= 15 is 0 Å². The third kappa shape index (κ3) is 3.73. The lowest BCUT2D eigenvalue weighted by Crippen LogP contribution is -2.44. The summed E-state index contributed by atoms with van der Waals surface area (Å²) in [5.41, 5.74) is 1.36. The Morgan fingerprint density at radius 1 is 0.906 bits per heavy atom. The molecule has 4 aromatic rings. The number of nitrogens with one attached hydrogen (secondary N) is 1. The van der Waals surface area contributed by atoms with Crippen LogP contribution in [0.3, 0.4) is 0 Å². The van der Waals surface area contributed by atoms with Gasteiger partial charge in [0.15, 0.2) is 5.69 Å². The van der Waals surface area contributed by atoms with Crippen LogP contribution in [-0.4, -0.2) is 52.2 Å². The van der Waals surface area contributed by atoms with Gasteiger partial charge in [-0.3, -0.25) is 4.90 Å². The Morgan fingerprint density at radius 3 is 2.38 bits per heavy atom. The maximum absolute atomic E-state index is 14.1. The summed E-state index contributed by atoms with van der Waals surface area (Å²) < 4.78 is 44.2. The van der Waals surface area contributed by atoms with Gasteiger partial charge in [0.2, 0.25) is 0 Å². The standard InChI is InChI=1S/C24H24F3N5/c1-16-6-5-9-18-19(16)29-22(24(25,26)27)20-21(18)32(15-14-31-12-10-28-11-13-31)23(30-20)17-7-3-2-4-8-17/h2-9,28H,10-15H2,1H3. The van der Waals surface area contributed by atoms with Crippen LogP contribution in [0.1, 0.15) is 11.3 Å². The van der Waals surface area contributed by atoms with Crippen molar-refractivity contribution in [1.29, 1.82) is 0 Å². The molecule has 2 aromatic carbocycles. The molecule has 0 radical (unpaired) electrons. The number of pyridine rings is 1. The summed E-state index contributed by atoms with van der Waals surface area (Å²) in [4.78, 5) is 10.9. The molecule has 2 aromatic heterocycles. The number of aromatic nitrogens is 3. The van der Waals surface area contributed by atoms with Crippen molar-refractivity contribution in [3.63, 3.8) is 0 Å².